The summed E-state index contributed by atoms with van der Waals surface area (Å²) >= 11 is 0. The molecule has 0 saturated heterocycles. The number of halogens is 3. The minimum Gasteiger partial charge on any atom is -0.497 e. The molecule has 1 aromatic heterocycles. The molecule has 3 rings (SSSR count). The van der Waals surface area contributed by atoms with Crippen molar-refractivity contribution in [2.75, 3.05) is 20.8 Å². The van der Waals surface area contributed by atoms with E-state index in [0.717, 1.165) is 12.1 Å². The molecular formula is C22H22F3N3O4. The lowest BCUT2D eigenvalue weighted by molar-refractivity contribution is -0.137. The van der Waals surface area contributed by atoms with Crippen LogP contribution in [0.15, 0.2) is 48.5 Å². The topological polar surface area (TPSA) is 85.6 Å². The summed E-state index contributed by atoms with van der Waals surface area (Å²) in [7, 11) is 4.65. The van der Waals surface area contributed by atoms with Gasteiger partial charge in [0.25, 0.3) is 5.91 Å². The average molecular weight is 449 g/mol. The molecule has 3 aromatic rings. The first kappa shape index (κ1) is 23.1. The maximum Gasteiger partial charge on any atom is 0.416 e. The van der Waals surface area contributed by atoms with E-state index >= 15 is 0 Å². The summed E-state index contributed by atoms with van der Waals surface area (Å²) in [5.74, 6) is 0.643. The van der Waals surface area contributed by atoms with Crippen molar-refractivity contribution in [2.45, 2.75) is 12.3 Å². The van der Waals surface area contributed by atoms with Gasteiger partial charge in [-0.1, -0.05) is 12.1 Å². The summed E-state index contributed by atoms with van der Waals surface area (Å²) in [6.07, 6.45) is -5.63. The molecule has 0 aliphatic rings. The fourth-order valence-corrected chi connectivity index (χ4v) is 3.12. The van der Waals surface area contributed by atoms with E-state index in [0.29, 0.717) is 22.8 Å². The van der Waals surface area contributed by atoms with Gasteiger partial charge in [0.1, 0.15) is 17.2 Å². The Morgan fingerprint density at radius 2 is 1.81 bits per heavy atom. The Bertz CT molecular complexity index is 1090. The Kier molecular flexibility index (Phi) is 6.73. The third-order valence-electron chi connectivity index (χ3n) is 4.87. The van der Waals surface area contributed by atoms with Crippen LogP contribution in [0.4, 0.5) is 13.2 Å². The zero-order chi connectivity index (χ0) is 23.5. The van der Waals surface area contributed by atoms with Crippen LogP contribution in [0.1, 0.15) is 27.7 Å². The number of amides is 1. The van der Waals surface area contributed by atoms with Gasteiger partial charge in [0.15, 0.2) is 0 Å². The van der Waals surface area contributed by atoms with E-state index in [1.165, 1.54) is 31.0 Å². The predicted octanol–water partition coefficient (Wildman–Crippen LogP) is 3.59. The van der Waals surface area contributed by atoms with E-state index in [1.54, 1.807) is 31.3 Å². The normalized spacial score (nSPS) is 12.3. The molecule has 2 aromatic carbocycles. The molecule has 0 aliphatic carbocycles. The van der Waals surface area contributed by atoms with Gasteiger partial charge in [-0.2, -0.15) is 18.3 Å². The van der Waals surface area contributed by atoms with Crippen molar-refractivity contribution in [3.8, 4) is 22.8 Å². The van der Waals surface area contributed by atoms with Gasteiger partial charge in [0, 0.05) is 19.2 Å². The van der Waals surface area contributed by atoms with Gasteiger partial charge in [-0.3, -0.25) is 9.48 Å². The number of aliphatic hydroxyl groups is 1. The van der Waals surface area contributed by atoms with Gasteiger partial charge >= 0.3 is 6.18 Å². The highest BCUT2D eigenvalue weighted by molar-refractivity contribution is 5.94. The average Bonchev–Trinajstić information content (AvgIpc) is 3.17. The minimum atomic E-state index is -4.46. The van der Waals surface area contributed by atoms with Crippen LogP contribution >= 0.6 is 0 Å². The summed E-state index contributed by atoms with van der Waals surface area (Å²) < 4.78 is 50.0. The summed E-state index contributed by atoms with van der Waals surface area (Å²) in [5.41, 5.74) is 0.783. The van der Waals surface area contributed by atoms with Crippen LogP contribution < -0.4 is 14.8 Å². The zero-order valence-electron chi connectivity index (χ0n) is 17.6. The molecule has 0 aliphatic heterocycles. The van der Waals surface area contributed by atoms with Gasteiger partial charge in [-0.05, 0) is 42.0 Å². The zero-order valence-corrected chi connectivity index (χ0v) is 17.6. The van der Waals surface area contributed by atoms with E-state index in [9.17, 15) is 23.1 Å². The monoisotopic (exact) mass is 449 g/mol. The Hall–Kier alpha value is -3.53. The number of alkyl halides is 3. The summed E-state index contributed by atoms with van der Waals surface area (Å²) in [4.78, 5) is 12.6. The van der Waals surface area contributed by atoms with Crippen molar-refractivity contribution >= 4 is 5.91 Å². The number of aryl methyl sites for hydroxylation is 1. The van der Waals surface area contributed by atoms with E-state index in [4.69, 9.17) is 9.47 Å². The number of aromatic nitrogens is 2. The number of ether oxygens (including phenoxy) is 2. The minimum absolute atomic E-state index is 0.187. The first-order chi connectivity index (χ1) is 15.1. The first-order valence-corrected chi connectivity index (χ1v) is 9.54. The van der Waals surface area contributed by atoms with Crippen LogP contribution in [0.3, 0.4) is 0 Å². The Balaban J connectivity index is 1.72. The van der Waals surface area contributed by atoms with Gasteiger partial charge in [0.05, 0.1) is 31.6 Å². The lowest BCUT2D eigenvalue weighted by Gasteiger charge is -2.13. The van der Waals surface area contributed by atoms with Crippen LogP contribution in [0, 0.1) is 0 Å². The van der Waals surface area contributed by atoms with E-state index in [2.05, 4.69) is 10.4 Å². The summed E-state index contributed by atoms with van der Waals surface area (Å²) in [6.45, 7) is -0.187. The molecule has 0 bridgehead atoms. The van der Waals surface area contributed by atoms with Gasteiger partial charge in [-0.15, -0.1) is 0 Å². The smallest absolute Gasteiger partial charge is 0.416 e. The number of hydrogen-bond acceptors (Lipinski definition) is 5. The van der Waals surface area contributed by atoms with E-state index < -0.39 is 23.8 Å². The second-order valence-electron chi connectivity index (χ2n) is 6.95. The summed E-state index contributed by atoms with van der Waals surface area (Å²) in [6, 6.07) is 10.9. The van der Waals surface area contributed by atoms with Crippen LogP contribution in [0.2, 0.25) is 0 Å². The fraction of sp³-hybridized carbons (Fsp3) is 0.273. The number of methoxy groups -OCH3 is 2. The molecule has 32 heavy (non-hydrogen) atoms. The first-order valence-electron chi connectivity index (χ1n) is 9.54. The van der Waals surface area contributed by atoms with Crippen molar-refractivity contribution in [1.29, 1.82) is 0 Å². The number of aliphatic hydroxyl groups excluding tert-OH is 1. The molecule has 2 N–H and O–H groups in total. The molecule has 7 nitrogen and oxygen atoms in total. The number of carbonyl (C=O) groups excluding carboxylic acids is 1. The van der Waals surface area contributed by atoms with Crippen LogP contribution in [0.5, 0.6) is 11.5 Å². The van der Waals surface area contributed by atoms with E-state index in [-0.39, 0.29) is 17.8 Å². The molecule has 0 radical (unpaired) electrons. The van der Waals surface area contributed by atoms with E-state index in [1.807, 2.05) is 0 Å². The van der Waals surface area contributed by atoms with Crippen molar-refractivity contribution in [3.05, 3.63) is 65.4 Å². The van der Waals surface area contributed by atoms with Crippen LogP contribution in [-0.4, -0.2) is 41.6 Å². The molecule has 0 fully saturated rings. The molecule has 0 saturated carbocycles. The molecule has 1 heterocycles. The quantitative estimate of drug-likeness (QED) is 0.576. The predicted molar refractivity (Wildman–Crippen MR) is 110 cm³/mol. The molecule has 10 heteroatoms. The summed E-state index contributed by atoms with van der Waals surface area (Å²) in [5, 5.41) is 17.2. The highest BCUT2D eigenvalue weighted by Crippen LogP contribution is 2.33. The largest absolute Gasteiger partial charge is 0.497 e. The highest BCUT2D eigenvalue weighted by atomic mass is 19.4. The van der Waals surface area contributed by atoms with Crippen molar-refractivity contribution in [2.24, 2.45) is 7.05 Å². The van der Waals surface area contributed by atoms with Crippen LogP contribution in [-0.2, 0) is 13.2 Å². The molecule has 1 unspecified atom stereocenters. The molecule has 170 valence electrons. The number of rotatable bonds is 7. The Morgan fingerprint density at radius 3 is 2.41 bits per heavy atom. The number of carbonyl (C=O) groups is 1. The van der Waals surface area contributed by atoms with Crippen molar-refractivity contribution in [3.63, 3.8) is 0 Å². The van der Waals surface area contributed by atoms with Crippen molar-refractivity contribution in [1.82, 2.24) is 15.1 Å². The third-order valence-corrected chi connectivity index (χ3v) is 4.87. The lowest BCUT2D eigenvalue weighted by atomic mass is 10.1. The lowest BCUT2D eigenvalue weighted by Crippen LogP contribution is -2.29. The second kappa shape index (κ2) is 9.31. The van der Waals surface area contributed by atoms with Gasteiger partial charge in [-0.25, -0.2) is 0 Å². The van der Waals surface area contributed by atoms with Gasteiger partial charge in [0.2, 0.25) is 0 Å². The second-order valence-corrected chi connectivity index (χ2v) is 6.95. The molecule has 1 amide bonds. The van der Waals surface area contributed by atoms with Crippen molar-refractivity contribution < 1.29 is 32.5 Å². The van der Waals surface area contributed by atoms with Gasteiger partial charge < -0.3 is 19.9 Å². The Labute approximate surface area is 182 Å². The highest BCUT2D eigenvalue weighted by Gasteiger charge is 2.30. The molecule has 1 atom stereocenters. The number of nitrogens with one attached hydrogen (secondary N) is 1. The number of nitrogens with zero attached hydrogens (tertiary/aromatic N) is 2. The number of hydrogen-bond donors (Lipinski definition) is 2. The fourth-order valence-electron chi connectivity index (χ4n) is 3.12. The number of benzene rings is 2. The molecule has 0 spiro atoms. The third kappa shape index (κ3) is 5.02. The Morgan fingerprint density at radius 1 is 1.12 bits per heavy atom. The maximum absolute atomic E-state index is 12.7. The van der Waals surface area contributed by atoms with Crippen LogP contribution in [0.25, 0.3) is 11.3 Å². The standard InChI is InChI=1S/C22H22F3N3O4/c1-28-18(11-17(27-28)16-10-15(31-2)8-9-20(16)32-3)21(30)26-12-19(29)13-4-6-14(7-5-13)22(23,24)25/h4-11,19,29H,12H2,1-3H3,(H,26,30). The maximum atomic E-state index is 12.7. The SMILES string of the molecule is COc1ccc(OC)c(-c2cc(C(=O)NCC(O)c3ccc(C(F)(F)F)cc3)n(C)n2)c1. The molecular weight excluding hydrogens is 427 g/mol.